The van der Waals surface area contributed by atoms with Gasteiger partial charge in [0.05, 0.1) is 0 Å². The molecule has 0 atom stereocenters. The van der Waals surface area contributed by atoms with Crippen LogP contribution >= 0.6 is 0 Å². The van der Waals surface area contributed by atoms with E-state index < -0.39 is 0 Å². The molecule has 0 spiro atoms. The molecule has 0 aliphatic rings. The molecule has 0 aliphatic carbocycles. The number of rotatable bonds is 2. The lowest BCUT2D eigenvalue weighted by Gasteiger charge is -2.26. The Morgan fingerprint density at radius 1 is 0.812 bits per heavy atom. The number of hydrogen-bond donors (Lipinski definition) is 0. The summed E-state index contributed by atoms with van der Waals surface area (Å²) in [4.78, 5) is 4.07. The molecule has 1 heteroatoms. The highest BCUT2D eigenvalue weighted by Gasteiger charge is 2.22. The quantitative estimate of drug-likeness (QED) is 0.737. The van der Waals surface area contributed by atoms with Crippen molar-refractivity contribution in [2.75, 3.05) is 0 Å². The van der Waals surface area contributed by atoms with E-state index in [1.165, 1.54) is 16.7 Å². The first-order valence-electron chi connectivity index (χ1n) is 5.58. The largest absolute Gasteiger partial charge is 0.265 e. The van der Waals surface area contributed by atoms with Crippen LogP contribution in [0.2, 0.25) is 0 Å². The Kier molecular flexibility index (Phi) is 2.78. The average molecular weight is 211 g/mol. The summed E-state index contributed by atoms with van der Waals surface area (Å²) in [5, 5.41) is 0. The summed E-state index contributed by atoms with van der Waals surface area (Å²) < 4.78 is 0. The fourth-order valence-electron chi connectivity index (χ4n) is 1.91. The molecule has 0 unspecified atom stereocenters. The van der Waals surface area contributed by atoms with Crippen LogP contribution in [0.1, 0.15) is 30.5 Å². The Morgan fingerprint density at radius 2 is 1.31 bits per heavy atom. The van der Waals surface area contributed by atoms with Gasteiger partial charge >= 0.3 is 0 Å². The van der Waals surface area contributed by atoms with Gasteiger partial charge in [0.15, 0.2) is 0 Å². The highest BCUT2D eigenvalue weighted by atomic mass is 14.6. The van der Waals surface area contributed by atoms with Crippen molar-refractivity contribution in [2.45, 2.75) is 26.2 Å². The maximum absolute atomic E-state index is 4.07. The van der Waals surface area contributed by atoms with Crippen LogP contribution in [0.5, 0.6) is 0 Å². The Bertz CT molecular complexity index is 455. The molecular weight excluding hydrogens is 194 g/mol. The van der Waals surface area contributed by atoms with Gasteiger partial charge in [-0.2, -0.15) is 0 Å². The first-order chi connectivity index (χ1) is 7.60. The molecule has 0 fully saturated rings. The van der Waals surface area contributed by atoms with E-state index in [9.17, 15) is 0 Å². The Labute approximate surface area is 97.2 Å². The van der Waals surface area contributed by atoms with Gasteiger partial charge in [0.1, 0.15) is 0 Å². The predicted molar refractivity (Wildman–Crippen MR) is 67.5 cm³/mol. The van der Waals surface area contributed by atoms with Gasteiger partial charge in [-0.15, -0.1) is 0 Å². The summed E-state index contributed by atoms with van der Waals surface area (Å²) in [7, 11) is 0. The standard InChI is InChI=1S/C15H17N/c1-12-4-6-13(7-5-12)15(2,3)14-8-10-16-11-9-14/h4-11H,1-3H3. The molecule has 1 aromatic carbocycles. The first-order valence-corrected chi connectivity index (χ1v) is 5.58. The van der Waals surface area contributed by atoms with Crippen molar-refractivity contribution < 1.29 is 0 Å². The van der Waals surface area contributed by atoms with E-state index in [0.717, 1.165) is 0 Å². The van der Waals surface area contributed by atoms with Crippen LogP contribution < -0.4 is 0 Å². The van der Waals surface area contributed by atoms with Crippen LogP contribution in [0.15, 0.2) is 48.8 Å². The summed E-state index contributed by atoms with van der Waals surface area (Å²) in [6.45, 7) is 6.60. The van der Waals surface area contributed by atoms with Crippen molar-refractivity contribution in [2.24, 2.45) is 0 Å². The van der Waals surface area contributed by atoms with Gasteiger partial charge < -0.3 is 0 Å². The molecule has 0 N–H and O–H groups in total. The second kappa shape index (κ2) is 4.09. The molecule has 0 bridgehead atoms. The number of benzene rings is 1. The normalized spacial score (nSPS) is 11.4. The van der Waals surface area contributed by atoms with E-state index in [2.05, 4.69) is 62.2 Å². The molecule has 16 heavy (non-hydrogen) atoms. The van der Waals surface area contributed by atoms with Gasteiger partial charge in [-0.1, -0.05) is 43.7 Å². The van der Waals surface area contributed by atoms with Crippen LogP contribution in [0.3, 0.4) is 0 Å². The zero-order valence-corrected chi connectivity index (χ0v) is 10.1. The average Bonchev–Trinajstić information content (AvgIpc) is 2.31. The van der Waals surface area contributed by atoms with Crippen molar-refractivity contribution >= 4 is 0 Å². The zero-order valence-electron chi connectivity index (χ0n) is 10.1. The molecular formula is C15H17N. The summed E-state index contributed by atoms with van der Waals surface area (Å²) in [6.07, 6.45) is 3.70. The van der Waals surface area contributed by atoms with Crippen molar-refractivity contribution in [1.29, 1.82) is 0 Å². The lowest BCUT2D eigenvalue weighted by atomic mass is 9.78. The van der Waals surface area contributed by atoms with Crippen LogP contribution in [0.25, 0.3) is 0 Å². The number of hydrogen-bond acceptors (Lipinski definition) is 1. The van der Waals surface area contributed by atoms with Crippen molar-refractivity contribution in [1.82, 2.24) is 4.98 Å². The van der Waals surface area contributed by atoms with Crippen molar-refractivity contribution in [3.05, 3.63) is 65.5 Å². The fraction of sp³-hybridized carbons (Fsp3) is 0.267. The molecule has 0 saturated heterocycles. The topological polar surface area (TPSA) is 12.9 Å². The minimum Gasteiger partial charge on any atom is -0.265 e. The van der Waals surface area contributed by atoms with Crippen LogP contribution in [0.4, 0.5) is 0 Å². The lowest BCUT2D eigenvalue weighted by Crippen LogP contribution is -2.18. The molecule has 82 valence electrons. The molecule has 0 saturated carbocycles. The van der Waals surface area contributed by atoms with Gasteiger partial charge in [-0.05, 0) is 30.2 Å². The van der Waals surface area contributed by atoms with Gasteiger partial charge in [0.25, 0.3) is 0 Å². The Morgan fingerprint density at radius 3 is 1.88 bits per heavy atom. The van der Waals surface area contributed by atoms with Gasteiger partial charge in [-0.25, -0.2) is 0 Å². The van der Waals surface area contributed by atoms with Crippen LogP contribution in [-0.4, -0.2) is 4.98 Å². The summed E-state index contributed by atoms with van der Waals surface area (Å²) >= 11 is 0. The van der Waals surface area contributed by atoms with Gasteiger partial charge in [-0.3, -0.25) is 4.98 Å². The van der Waals surface area contributed by atoms with Gasteiger partial charge in [0, 0.05) is 17.8 Å². The summed E-state index contributed by atoms with van der Waals surface area (Å²) in [5.74, 6) is 0. The third kappa shape index (κ3) is 1.99. The van der Waals surface area contributed by atoms with E-state index in [1.807, 2.05) is 12.4 Å². The summed E-state index contributed by atoms with van der Waals surface area (Å²) in [6, 6.07) is 12.9. The van der Waals surface area contributed by atoms with Crippen molar-refractivity contribution in [3.8, 4) is 0 Å². The second-order valence-electron chi connectivity index (χ2n) is 4.73. The van der Waals surface area contributed by atoms with Crippen LogP contribution in [0, 0.1) is 6.92 Å². The van der Waals surface area contributed by atoms with Crippen molar-refractivity contribution in [3.63, 3.8) is 0 Å². The molecule has 2 rings (SSSR count). The lowest BCUT2D eigenvalue weighted by molar-refractivity contribution is 0.639. The number of aromatic nitrogens is 1. The van der Waals surface area contributed by atoms with E-state index in [1.54, 1.807) is 0 Å². The van der Waals surface area contributed by atoms with E-state index in [4.69, 9.17) is 0 Å². The zero-order chi connectivity index (χ0) is 11.6. The third-order valence-corrected chi connectivity index (χ3v) is 3.18. The smallest absolute Gasteiger partial charge is 0.0270 e. The number of pyridine rings is 1. The third-order valence-electron chi connectivity index (χ3n) is 3.18. The molecule has 2 aromatic rings. The molecule has 1 nitrogen and oxygen atoms in total. The molecule has 0 aliphatic heterocycles. The second-order valence-corrected chi connectivity index (χ2v) is 4.73. The van der Waals surface area contributed by atoms with E-state index in [-0.39, 0.29) is 5.41 Å². The van der Waals surface area contributed by atoms with Gasteiger partial charge in [0.2, 0.25) is 0 Å². The molecule has 0 radical (unpaired) electrons. The molecule has 0 amide bonds. The van der Waals surface area contributed by atoms with E-state index >= 15 is 0 Å². The van der Waals surface area contributed by atoms with E-state index in [0.29, 0.717) is 0 Å². The monoisotopic (exact) mass is 211 g/mol. The maximum Gasteiger partial charge on any atom is 0.0270 e. The maximum atomic E-state index is 4.07. The van der Waals surface area contributed by atoms with Crippen LogP contribution in [-0.2, 0) is 5.41 Å². The number of nitrogens with zero attached hydrogens (tertiary/aromatic N) is 1. The molecule has 1 heterocycles. The minimum absolute atomic E-state index is 0.0383. The SMILES string of the molecule is Cc1ccc(C(C)(C)c2ccncc2)cc1. The minimum atomic E-state index is 0.0383. The summed E-state index contributed by atoms with van der Waals surface area (Å²) in [5.41, 5.74) is 3.97. The highest BCUT2D eigenvalue weighted by molar-refractivity contribution is 5.37. The number of aryl methyl sites for hydroxylation is 1. The Balaban J connectivity index is 2.43. The first kappa shape index (κ1) is 10.9. The predicted octanol–water partition coefficient (Wildman–Crippen LogP) is 3.72. The Hall–Kier alpha value is -1.63. The molecule has 1 aromatic heterocycles. The highest BCUT2D eigenvalue weighted by Crippen LogP contribution is 2.30. The fourth-order valence-corrected chi connectivity index (χ4v) is 1.91.